The average molecular weight is 452 g/mol. The number of rotatable bonds is 9. The van der Waals surface area contributed by atoms with Crippen molar-refractivity contribution >= 4 is 17.3 Å². The zero-order valence-corrected chi connectivity index (χ0v) is 17.2. The van der Waals surface area contributed by atoms with Crippen molar-refractivity contribution in [2.45, 2.75) is 19.0 Å². The van der Waals surface area contributed by atoms with Crippen LogP contribution >= 0.6 is 11.6 Å². The van der Waals surface area contributed by atoms with E-state index in [0.717, 1.165) is 5.69 Å². The van der Waals surface area contributed by atoms with Gasteiger partial charge in [-0.1, -0.05) is 36.4 Å². The zero-order chi connectivity index (χ0) is 22.3. The molecule has 0 heterocycles. The molecule has 8 heteroatoms. The van der Waals surface area contributed by atoms with Crippen molar-refractivity contribution in [3.05, 3.63) is 84.4 Å². The molecule has 0 aromatic heterocycles. The van der Waals surface area contributed by atoms with Crippen molar-refractivity contribution in [2.75, 3.05) is 17.3 Å². The second-order valence-electron chi connectivity index (χ2n) is 6.80. The fraction of sp³-hybridized carbons (Fsp3) is 0.217. The lowest BCUT2D eigenvalue weighted by Crippen LogP contribution is -2.33. The standard InChI is InChI=1S/C23H21ClF3NO3/c24-14-19(29)16-28(15-17-6-4-11-22(12-17)31-23(25,26)27)18-7-5-10-21(13-18)30-20-8-2-1-3-9-20/h1-13,19,29H,14-16H2. The first-order chi connectivity index (χ1) is 14.8. The van der Waals surface area contributed by atoms with Crippen molar-refractivity contribution in [3.8, 4) is 17.2 Å². The maximum absolute atomic E-state index is 12.5. The van der Waals surface area contributed by atoms with Crippen LogP contribution in [0.2, 0.25) is 0 Å². The molecule has 0 amide bonds. The first-order valence-electron chi connectivity index (χ1n) is 9.49. The Kier molecular flexibility index (Phi) is 7.65. The van der Waals surface area contributed by atoms with Crippen molar-refractivity contribution in [3.63, 3.8) is 0 Å². The highest BCUT2D eigenvalue weighted by atomic mass is 35.5. The van der Waals surface area contributed by atoms with E-state index in [-0.39, 0.29) is 24.7 Å². The van der Waals surface area contributed by atoms with Crippen LogP contribution in [0.25, 0.3) is 0 Å². The summed E-state index contributed by atoms with van der Waals surface area (Å²) in [5.74, 6) is 0.977. The van der Waals surface area contributed by atoms with Gasteiger partial charge in [-0.25, -0.2) is 0 Å². The minimum Gasteiger partial charge on any atom is -0.457 e. The van der Waals surface area contributed by atoms with Gasteiger partial charge < -0.3 is 19.5 Å². The maximum atomic E-state index is 12.5. The molecule has 0 saturated carbocycles. The van der Waals surface area contributed by atoms with E-state index >= 15 is 0 Å². The van der Waals surface area contributed by atoms with Gasteiger partial charge in [-0.15, -0.1) is 24.8 Å². The van der Waals surface area contributed by atoms with Gasteiger partial charge in [0.2, 0.25) is 0 Å². The molecule has 0 bridgehead atoms. The summed E-state index contributed by atoms with van der Waals surface area (Å²) in [6.45, 7) is 0.417. The predicted molar refractivity (Wildman–Crippen MR) is 114 cm³/mol. The summed E-state index contributed by atoms with van der Waals surface area (Å²) in [5, 5.41) is 10.1. The molecule has 1 atom stereocenters. The van der Waals surface area contributed by atoms with Crippen molar-refractivity contribution in [2.24, 2.45) is 0 Å². The molecular formula is C23H21ClF3NO3. The Morgan fingerprint density at radius 2 is 1.55 bits per heavy atom. The summed E-state index contributed by atoms with van der Waals surface area (Å²) < 4.78 is 47.5. The van der Waals surface area contributed by atoms with Crippen LogP contribution in [-0.4, -0.2) is 30.0 Å². The van der Waals surface area contributed by atoms with E-state index in [9.17, 15) is 18.3 Å². The summed E-state index contributed by atoms with van der Waals surface area (Å²) in [6.07, 6.45) is -5.59. The number of anilines is 1. The number of para-hydroxylation sites is 1. The Balaban J connectivity index is 1.83. The Morgan fingerprint density at radius 3 is 2.26 bits per heavy atom. The molecule has 1 N–H and O–H groups in total. The number of aliphatic hydroxyl groups is 1. The van der Waals surface area contributed by atoms with E-state index in [0.29, 0.717) is 17.1 Å². The van der Waals surface area contributed by atoms with Crippen molar-refractivity contribution in [1.29, 1.82) is 0 Å². The molecule has 0 spiro atoms. The minimum atomic E-state index is -4.77. The van der Waals surface area contributed by atoms with E-state index in [1.807, 2.05) is 41.3 Å². The SMILES string of the molecule is OC(CCl)CN(Cc1cccc(OC(F)(F)F)c1)c1cccc(Oc2ccccc2)c1. The third-order valence-corrected chi connectivity index (χ3v) is 4.63. The van der Waals surface area contributed by atoms with Crippen molar-refractivity contribution in [1.82, 2.24) is 0 Å². The largest absolute Gasteiger partial charge is 0.573 e. The van der Waals surface area contributed by atoms with Gasteiger partial charge in [0, 0.05) is 24.8 Å². The fourth-order valence-electron chi connectivity index (χ4n) is 2.99. The van der Waals surface area contributed by atoms with Crippen LogP contribution in [-0.2, 0) is 6.54 Å². The molecule has 31 heavy (non-hydrogen) atoms. The first kappa shape index (κ1) is 22.8. The van der Waals surface area contributed by atoms with Crippen LogP contribution in [0.5, 0.6) is 17.2 Å². The number of halogens is 4. The van der Waals surface area contributed by atoms with Gasteiger partial charge in [0.1, 0.15) is 17.2 Å². The molecule has 0 aliphatic heterocycles. The lowest BCUT2D eigenvalue weighted by molar-refractivity contribution is -0.274. The quantitative estimate of drug-likeness (QED) is 0.406. The van der Waals surface area contributed by atoms with Crippen LogP contribution in [0.15, 0.2) is 78.9 Å². The molecule has 0 saturated heterocycles. The van der Waals surface area contributed by atoms with Gasteiger partial charge in [0.05, 0.1) is 12.0 Å². The van der Waals surface area contributed by atoms with Gasteiger partial charge in [0.15, 0.2) is 0 Å². The minimum absolute atomic E-state index is 0.0218. The number of hydrogen-bond acceptors (Lipinski definition) is 4. The highest BCUT2D eigenvalue weighted by molar-refractivity contribution is 6.18. The third kappa shape index (κ3) is 7.38. The number of benzene rings is 3. The Hall–Kier alpha value is -2.90. The number of aliphatic hydroxyl groups excluding tert-OH is 1. The summed E-state index contributed by atoms with van der Waals surface area (Å²) in [4.78, 5) is 1.82. The normalized spacial score (nSPS) is 12.3. The van der Waals surface area contributed by atoms with E-state index in [1.54, 1.807) is 24.3 Å². The Morgan fingerprint density at radius 1 is 0.871 bits per heavy atom. The molecule has 164 valence electrons. The number of ether oxygens (including phenoxy) is 2. The van der Waals surface area contributed by atoms with Crippen molar-refractivity contribution < 1.29 is 27.8 Å². The summed E-state index contributed by atoms with van der Waals surface area (Å²) in [5.41, 5.74) is 1.30. The molecular weight excluding hydrogens is 431 g/mol. The average Bonchev–Trinajstić information content (AvgIpc) is 2.73. The lowest BCUT2D eigenvalue weighted by Gasteiger charge is -2.27. The molecule has 0 fully saturated rings. The molecule has 4 nitrogen and oxygen atoms in total. The van der Waals surface area contributed by atoms with Gasteiger partial charge in [-0.3, -0.25) is 0 Å². The van der Waals surface area contributed by atoms with Gasteiger partial charge >= 0.3 is 6.36 Å². The van der Waals surface area contributed by atoms with Crippen LogP contribution in [0.1, 0.15) is 5.56 Å². The van der Waals surface area contributed by atoms with E-state index in [4.69, 9.17) is 16.3 Å². The highest BCUT2D eigenvalue weighted by Gasteiger charge is 2.31. The van der Waals surface area contributed by atoms with Gasteiger partial charge in [-0.05, 0) is 42.0 Å². The Labute approximate surface area is 183 Å². The number of alkyl halides is 4. The molecule has 0 radical (unpaired) electrons. The first-order valence-corrected chi connectivity index (χ1v) is 10.0. The topological polar surface area (TPSA) is 41.9 Å². The van der Waals surface area contributed by atoms with Crippen LogP contribution in [0.3, 0.4) is 0 Å². The molecule has 0 aliphatic rings. The van der Waals surface area contributed by atoms with E-state index in [2.05, 4.69) is 4.74 Å². The van der Waals surface area contributed by atoms with Crippen LogP contribution < -0.4 is 14.4 Å². The second kappa shape index (κ2) is 10.4. The zero-order valence-electron chi connectivity index (χ0n) is 16.4. The maximum Gasteiger partial charge on any atom is 0.573 e. The fourth-order valence-corrected chi connectivity index (χ4v) is 3.09. The predicted octanol–water partition coefficient (Wildman–Crippen LogP) is 5.98. The third-order valence-electron chi connectivity index (χ3n) is 4.28. The molecule has 0 aliphatic carbocycles. The summed E-state index contributed by atoms with van der Waals surface area (Å²) >= 11 is 5.78. The van der Waals surface area contributed by atoms with E-state index < -0.39 is 12.5 Å². The van der Waals surface area contributed by atoms with Gasteiger partial charge in [-0.2, -0.15) is 0 Å². The monoisotopic (exact) mass is 451 g/mol. The van der Waals surface area contributed by atoms with Crippen LogP contribution in [0, 0.1) is 0 Å². The van der Waals surface area contributed by atoms with E-state index in [1.165, 1.54) is 18.2 Å². The highest BCUT2D eigenvalue weighted by Crippen LogP contribution is 2.28. The Bertz CT molecular complexity index is 970. The van der Waals surface area contributed by atoms with Crippen LogP contribution in [0.4, 0.5) is 18.9 Å². The number of nitrogens with zero attached hydrogens (tertiary/aromatic N) is 1. The number of hydrogen-bond donors (Lipinski definition) is 1. The lowest BCUT2D eigenvalue weighted by atomic mass is 10.1. The summed E-state index contributed by atoms with van der Waals surface area (Å²) in [7, 11) is 0. The molecule has 3 rings (SSSR count). The molecule has 3 aromatic rings. The summed E-state index contributed by atoms with van der Waals surface area (Å²) in [6, 6.07) is 22.2. The van der Waals surface area contributed by atoms with Gasteiger partial charge in [0.25, 0.3) is 0 Å². The smallest absolute Gasteiger partial charge is 0.457 e. The molecule has 3 aromatic carbocycles. The molecule has 1 unspecified atom stereocenters. The second-order valence-corrected chi connectivity index (χ2v) is 7.10.